The Morgan fingerprint density at radius 3 is 1.85 bits per heavy atom. The van der Waals surface area contributed by atoms with Crippen LogP contribution in [0.4, 0.5) is 4.79 Å². The zero-order valence-electron chi connectivity index (χ0n) is 29.8. The van der Waals surface area contributed by atoms with Gasteiger partial charge in [-0.05, 0) is 60.8 Å². The van der Waals surface area contributed by atoms with Gasteiger partial charge in [0, 0.05) is 18.5 Å². The third kappa shape index (κ3) is 9.04. The summed E-state index contributed by atoms with van der Waals surface area (Å²) in [6.07, 6.45) is -0.513. The van der Waals surface area contributed by atoms with Crippen molar-refractivity contribution in [2.24, 2.45) is 0 Å². The molecule has 1 N–H and O–H groups in total. The van der Waals surface area contributed by atoms with Crippen LogP contribution in [0.2, 0.25) is 24.7 Å². The van der Waals surface area contributed by atoms with Crippen LogP contribution in [0.3, 0.4) is 0 Å². The van der Waals surface area contributed by atoms with E-state index in [2.05, 4.69) is 106 Å². The Balaban J connectivity index is 1.64. The van der Waals surface area contributed by atoms with Gasteiger partial charge in [-0.1, -0.05) is 119 Å². The molecule has 0 aliphatic carbocycles. The molecular formula is C39H52N2O4Si2. The zero-order valence-corrected chi connectivity index (χ0v) is 31.8. The summed E-state index contributed by atoms with van der Waals surface area (Å²) in [6, 6.07) is 27.9. The Bertz CT molecular complexity index is 1540. The summed E-state index contributed by atoms with van der Waals surface area (Å²) in [5.74, 6) is 3.06. The molecule has 0 spiro atoms. The standard InChI is InChI=1S/C39H52N2O4Si2/c1-29(31-23-21-30(22-24-31)25-26-46(8,9)10)40-36(42)35-27-32(28-41(35)37(43)44-38(2,3)4)45-47(39(5,6)7,33-17-13-11-14-18-33)34-19-15-12-16-20-34/h11-24,29,32,35H,27-28H2,1-10H3,(H,40,42)/t29-,32+,35-/m0/s1. The minimum absolute atomic E-state index is 0.223. The van der Waals surface area contributed by atoms with E-state index in [-0.39, 0.29) is 29.6 Å². The number of carbonyl (C=O) groups excluding carboxylic acids is 2. The van der Waals surface area contributed by atoms with Crippen LogP contribution >= 0.6 is 0 Å². The van der Waals surface area contributed by atoms with Gasteiger partial charge in [0.2, 0.25) is 5.91 Å². The number of nitrogens with one attached hydrogen (secondary N) is 1. The molecule has 8 heteroatoms. The van der Waals surface area contributed by atoms with Gasteiger partial charge < -0.3 is 14.5 Å². The van der Waals surface area contributed by atoms with Gasteiger partial charge in [0.05, 0.1) is 12.1 Å². The molecule has 0 saturated carbocycles. The predicted molar refractivity (Wildman–Crippen MR) is 197 cm³/mol. The Morgan fingerprint density at radius 1 is 0.851 bits per heavy atom. The van der Waals surface area contributed by atoms with Crippen LogP contribution in [0.1, 0.15) is 72.1 Å². The average molecular weight is 669 g/mol. The highest BCUT2D eigenvalue weighted by Crippen LogP contribution is 2.39. The maximum Gasteiger partial charge on any atom is 0.411 e. The first kappa shape index (κ1) is 36.2. The minimum atomic E-state index is -2.92. The van der Waals surface area contributed by atoms with E-state index >= 15 is 0 Å². The van der Waals surface area contributed by atoms with Crippen molar-refractivity contribution in [2.45, 2.75) is 103 Å². The van der Waals surface area contributed by atoms with Gasteiger partial charge in [0.15, 0.2) is 0 Å². The lowest BCUT2D eigenvalue weighted by molar-refractivity contribution is -0.126. The fraction of sp³-hybridized carbons (Fsp3) is 0.436. The van der Waals surface area contributed by atoms with Crippen LogP contribution in [0.15, 0.2) is 84.9 Å². The number of likely N-dealkylation sites (tertiary alicyclic amines) is 1. The summed E-state index contributed by atoms with van der Waals surface area (Å²) >= 11 is 0. The van der Waals surface area contributed by atoms with E-state index in [1.165, 1.54) is 0 Å². The predicted octanol–water partition coefficient (Wildman–Crippen LogP) is 7.05. The van der Waals surface area contributed by atoms with Crippen LogP contribution in [-0.4, -0.2) is 57.6 Å². The van der Waals surface area contributed by atoms with E-state index in [4.69, 9.17) is 9.16 Å². The lowest BCUT2D eigenvalue weighted by Gasteiger charge is -2.44. The average Bonchev–Trinajstić information content (AvgIpc) is 3.42. The maximum atomic E-state index is 14.0. The first-order valence-electron chi connectivity index (χ1n) is 16.6. The van der Waals surface area contributed by atoms with E-state index in [0.717, 1.165) is 21.5 Å². The highest BCUT2D eigenvalue weighted by molar-refractivity contribution is 6.99. The molecule has 47 heavy (non-hydrogen) atoms. The van der Waals surface area contributed by atoms with Gasteiger partial charge in [-0.15, -0.1) is 5.54 Å². The maximum absolute atomic E-state index is 14.0. The van der Waals surface area contributed by atoms with Crippen molar-refractivity contribution in [3.63, 3.8) is 0 Å². The highest BCUT2D eigenvalue weighted by Gasteiger charge is 2.54. The number of rotatable bonds is 7. The van der Waals surface area contributed by atoms with E-state index in [9.17, 15) is 9.59 Å². The third-order valence-electron chi connectivity index (χ3n) is 8.30. The lowest BCUT2D eigenvalue weighted by atomic mass is 10.1. The molecule has 250 valence electrons. The van der Waals surface area contributed by atoms with Crippen LogP contribution in [0.25, 0.3) is 0 Å². The van der Waals surface area contributed by atoms with Gasteiger partial charge in [0.25, 0.3) is 8.32 Å². The van der Waals surface area contributed by atoms with Gasteiger partial charge in [-0.3, -0.25) is 9.69 Å². The van der Waals surface area contributed by atoms with Crippen LogP contribution in [0.5, 0.6) is 0 Å². The second-order valence-corrected chi connectivity index (χ2v) is 24.6. The van der Waals surface area contributed by atoms with Crippen molar-refractivity contribution in [2.75, 3.05) is 6.54 Å². The monoisotopic (exact) mass is 668 g/mol. The van der Waals surface area contributed by atoms with E-state index in [1.54, 1.807) is 4.90 Å². The molecule has 0 aromatic heterocycles. The summed E-state index contributed by atoms with van der Waals surface area (Å²) in [7, 11) is -4.40. The summed E-state index contributed by atoms with van der Waals surface area (Å²) in [5, 5.41) is 5.24. The summed E-state index contributed by atoms with van der Waals surface area (Å²) in [6.45, 7) is 21.1. The van der Waals surface area contributed by atoms with Crippen molar-refractivity contribution >= 4 is 38.8 Å². The van der Waals surface area contributed by atoms with Crippen LogP contribution in [-0.2, 0) is 14.0 Å². The highest BCUT2D eigenvalue weighted by atomic mass is 28.4. The van der Waals surface area contributed by atoms with Crippen molar-refractivity contribution in [1.82, 2.24) is 10.2 Å². The molecule has 4 rings (SSSR count). The quantitative estimate of drug-likeness (QED) is 0.217. The Labute approximate surface area is 284 Å². The van der Waals surface area contributed by atoms with E-state index < -0.39 is 34.1 Å². The Kier molecular flexibility index (Phi) is 11.0. The lowest BCUT2D eigenvalue weighted by Crippen LogP contribution is -2.67. The molecule has 1 aliphatic rings. The van der Waals surface area contributed by atoms with Gasteiger partial charge in [-0.25, -0.2) is 4.79 Å². The van der Waals surface area contributed by atoms with Gasteiger partial charge in [-0.2, -0.15) is 0 Å². The SMILES string of the molecule is C[C@H](NC(=O)[C@@H]1C[C@@H](O[Si](c2ccccc2)(c2ccccc2)C(C)(C)C)CN1C(=O)OC(C)(C)C)c1ccc(C#C[Si](C)(C)C)cc1. The molecule has 0 unspecified atom stereocenters. The molecule has 3 aromatic carbocycles. The summed E-state index contributed by atoms with van der Waals surface area (Å²) in [4.78, 5) is 29.2. The van der Waals surface area contributed by atoms with Crippen LogP contribution in [0, 0.1) is 11.5 Å². The summed E-state index contributed by atoms with van der Waals surface area (Å²) in [5.41, 5.74) is 4.63. The number of amides is 2. The van der Waals surface area contributed by atoms with Crippen molar-refractivity contribution in [3.8, 4) is 11.5 Å². The first-order valence-corrected chi connectivity index (χ1v) is 22.0. The zero-order chi connectivity index (χ0) is 34.6. The van der Waals surface area contributed by atoms with Gasteiger partial charge in [0.1, 0.15) is 19.7 Å². The second-order valence-electron chi connectivity index (χ2n) is 15.6. The normalized spacial score (nSPS) is 17.8. The molecule has 2 amide bonds. The van der Waals surface area contributed by atoms with Gasteiger partial charge >= 0.3 is 6.09 Å². The molecule has 3 aromatic rings. The molecular weight excluding hydrogens is 617 g/mol. The smallest absolute Gasteiger partial charge is 0.411 e. The number of hydrogen-bond acceptors (Lipinski definition) is 4. The first-order chi connectivity index (χ1) is 21.9. The van der Waals surface area contributed by atoms with E-state index in [1.807, 2.05) is 64.1 Å². The van der Waals surface area contributed by atoms with Crippen molar-refractivity contribution < 1.29 is 18.8 Å². The molecule has 0 radical (unpaired) electrons. The molecule has 1 heterocycles. The fourth-order valence-electron chi connectivity index (χ4n) is 6.10. The molecule has 0 bridgehead atoms. The molecule has 3 atom stereocenters. The third-order valence-corrected chi connectivity index (χ3v) is 14.3. The second kappa shape index (κ2) is 14.2. The number of nitrogens with zero attached hydrogens (tertiary/aromatic N) is 1. The number of benzene rings is 3. The number of hydrogen-bond donors (Lipinski definition) is 1. The number of carbonyl (C=O) groups is 2. The fourth-order valence-corrected chi connectivity index (χ4v) is 11.3. The molecule has 1 fully saturated rings. The van der Waals surface area contributed by atoms with Crippen molar-refractivity contribution in [3.05, 3.63) is 96.1 Å². The molecule has 6 nitrogen and oxygen atoms in total. The number of ether oxygens (including phenoxy) is 1. The summed E-state index contributed by atoms with van der Waals surface area (Å²) < 4.78 is 13.2. The van der Waals surface area contributed by atoms with Crippen LogP contribution < -0.4 is 15.7 Å². The Morgan fingerprint density at radius 2 is 1.38 bits per heavy atom. The molecule has 1 aliphatic heterocycles. The topological polar surface area (TPSA) is 67.9 Å². The largest absolute Gasteiger partial charge is 0.444 e. The molecule has 1 saturated heterocycles. The Hall–Kier alpha value is -3.65. The van der Waals surface area contributed by atoms with Crippen molar-refractivity contribution in [1.29, 1.82) is 0 Å². The van der Waals surface area contributed by atoms with E-state index in [0.29, 0.717) is 6.42 Å². The minimum Gasteiger partial charge on any atom is -0.444 e.